The number of rotatable bonds is 3. The van der Waals surface area contributed by atoms with Crippen molar-refractivity contribution in [3.05, 3.63) is 0 Å². The highest BCUT2D eigenvalue weighted by Gasteiger charge is 1.99. The number of nitrogens with one attached hydrogen (secondary N) is 1. The molecular weight excluding hydrogens is 140 g/mol. The lowest BCUT2D eigenvalue weighted by molar-refractivity contribution is -0.121. The zero-order valence-electron chi connectivity index (χ0n) is 8.27. The number of carbonyl (C=O) groups is 1. The van der Waals surface area contributed by atoms with Crippen molar-refractivity contribution in [2.24, 2.45) is 0 Å². The van der Waals surface area contributed by atoms with E-state index in [0.29, 0.717) is 6.54 Å². The number of likely N-dealkylation sites (N-methyl/N-ethyl adjacent to an activating group) is 2. The fourth-order valence-electron chi connectivity index (χ4n) is 0.436. The molecule has 1 amide bonds. The number of amides is 1. The van der Waals surface area contributed by atoms with Gasteiger partial charge in [-0.05, 0) is 13.6 Å². The molecule has 0 heterocycles. The Hall–Kier alpha value is -0.570. The summed E-state index contributed by atoms with van der Waals surface area (Å²) in [4.78, 5) is 12.6. The predicted octanol–water partition coefficient (Wildman–Crippen LogP) is 0.710. The first kappa shape index (κ1) is 13.1. The summed E-state index contributed by atoms with van der Waals surface area (Å²) in [6, 6.07) is 0. The third-order valence-electron chi connectivity index (χ3n) is 1.23. The maximum atomic E-state index is 10.6. The van der Waals surface area contributed by atoms with Crippen molar-refractivity contribution in [3.63, 3.8) is 0 Å². The molecule has 68 valence electrons. The van der Waals surface area contributed by atoms with E-state index in [9.17, 15) is 4.79 Å². The molecule has 1 N–H and O–H groups in total. The van der Waals surface area contributed by atoms with E-state index in [0.717, 1.165) is 6.54 Å². The van der Waals surface area contributed by atoms with E-state index in [1.807, 2.05) is 32.7 Å². The average Bonchev–Trinajstić information content (AvgIpc) is 2.07. The van der Waals surface area contributed by atoms with Crippen molar-refractivity contribution in [2.45, 2.75) is 20.8 Å². The Morgan fingerprint density at radius 1 is 1.45 bits per heavy atom. The molecular formula is C8H20N2O. The molecule has 0 saturated heterocycles. The van der Waals surface area contributed by atoms with Gasteiger partial charge in [0.15, 0.2) is 0 Å². The minimum Gasteiger partial charge on any atom is -0.358 e. The Kier molecular flexibility index (Phi) is 11.2. The summed E-state index contributed by atoms with van der Waals surface area (Å²) >= 11 is 0. The standard InChI is InChI=1S/C6H14N2O.C2H6/c1-4-8(3)5-6(9)7-2;1-2/h4-5H2,1-3H3,(H,7,9);1-2H3. The molecule has 0 aromatic carbocycles. The first-order valence-corrected chi connectivity index (χ1v) is 4.09. The second-order valence-corrected chi connectivity index (χ2v) is 2.00. The molecule has 0 aromatic rings. The third-order valence-corrected chi connectivity index (χ3v) is 1.23. The lowest BCUT2D eigenvalue weighted by Gasteiger charge is -2.11. The predicted molar refractivity (Wildman–Crippen MR) is 48.6 cm³/mol. The third kappa shape index (κ3) is 9.43. The summed E-state index contributed by atoms with van der Waals surface area (Å²) in [6.07, 6.45) is 0. The molecule has 3 heteroatoms. The maximum absolute atomic E-state index is 10.6. The van der Waals surface area contributed by atoms with Crippen LogP contribution < -0.4 is 5.32 Å². The molecule has 3 nitrogen and oxygen atoms in total. The van der Waals surface area contributed by atoms with E-state index in [1.54, 1.807) is 7.05 Å². The zero-order chi connectivity index (χ0) is 9.28. The van der Waals surface area contributed by atoms with Gasteiger partial charge in [0, 0.05) is 7.05 Å². The van der Waals surface area contributed by atoms with Crippen LogP contribution in [-0.2, 0) is 4.79 Å². The number of carbonyl (C=O) groups excluding carboxylic acids is 1. The molecule has 0 atom stereocenters. The first-order valence-electron chi connectivity index (χ1n) is 4.09. The van der Waals surface area contributed by atoms with E-state index in [-0.39, 0.29) is 5.91 Å². The van der Waals surface area contributed by atoms with Crippen molar-refractivity contribution in [1.29, 1.82) is 0 Å². The van der Waals surface area contributed by atoms with Gasteiger partial charge in [0.1, 0.15) is 0 Å². The van der Waals surface area contributed by atoms with E-state index in [4.69, 9.17) is 0 Å². The highest BCUT2D eigenvalue weighted by atomic mass is 16.1. The fraction of sp³-hybridized carbons (Fsp3) is 0.875. The normalized spacial score (nSPS) is 8.55. The minimum atomic E-state index is 0.0688. The van der Waals surface area contributed by atoms with Crippen LogP contribution in [0.3, 0.4) is 0 Å². The van der Waals surface area contributed by atoms with Crippen LogP contribution in [0.2, 0.25) is 0 Å². The fourth-order valence-corrected chi connectivity index (χ4v) is 0.436. The van der Waals surface area contributed by atoms with Crippen molar-refractivity contribution in [1.82, 2.24) is 10.2 Å². The number of nitrogens with zero attached hydrogens (tertiary/aromatic N) is 1. The van der Waals surface area contributed by atoms with Crippen molar-refractivity contribution < 1.29 is 4.79 Å². The van der Waals surface area contributed by atoms with E-state index in [2.05, 4.69) is 5.32 Å². The van der Waals surface area contributed by atoms with Crippen LogP contribution in [0, 0.1) is 0 Å². The van der Waals surface area contributed by atoms with Gasteiger partial charge < -0.3 is 5.32 Å². The Labute approximate surface area is 69.8 Å². The lowest BCUT2D eigenvalue weighted by atomic mass is 10.5. The molecule has 0 aliphatic rings. The van der Waals surface area contributed by atoms with Crippen LogP contribution in [-0.4, -0.2) is 38.0 Å². The smallest absolute Gasteiger partial charge is 0.233 e. The van der Waals surface area contributed by atoms with E-state index >= 15 is 0 Å². The van der Waals surface area contributed by atoms with Gasteiger partial charge in [-0.25, -0.2) is 0 Å². The molecule has 0 saturated carbocycles. The molecule has 0 aliphatic carbocycles. The maximum Gasteiger partial charge on any atom is 0.233 e. The molecule has 0 aliphatic heterocycles. The van der Waals surface area contributed by atoms with Gasteiger partial charge in [-0.3, -0.25) is 9.69 Å². The van der Waals surface area contributed by atoms with Gasteiger partial charge in [-0.1, -0.05) is 20.8 Å². The van der Waals surface area contributed by atoms with Crippen LogP contribution >= 0.6 is 0 Å². The second kappa shape index (κ2) is 9.43. The molecule has 0 spiro atoms. The second-order valence-electron chi connectivity index (χ2n) is 2.00. The minimum absolute atomic E-state index is 0.0688. The Morgan fingerprint density at radius 2 is 1.91 bits per heavy atom. The summed E-state index contributed by atoms with van der Waals surface area (Å²) in [5.41, 5.74) is 0. The molecule has 0 aromatic heterocycles. The Balaban J connectivity index is 0. The topological polar surface area (TPSA) is 32.3 Å². The molecule has 0 rings (SSSR count). The molecule has 11 heavy (non-hydrogen) atoms. The molecule has 0 unspecified atom stereocenters. The van der Waals surface area contributed by atoms with Gasteiger partial charge in [0.2, 0.25) is 5.91 Å². The van der Waals surface area contributed by atoms with Crippen molar-refractivity contribution >= 4 is 5.91 Å². The molecule has 0 fully saturated rings. The number of hydrogen-bond acceptors (Lipinski definition) is 2. The van der Waals surface area contributed by atoms with Crippen LogP contribution in [0.15, 0.2) is 0 Å². The monoisotopic (exact) mass is 160 g/mol. The zero-order valence-corrected chi connectivity index (χ0v) is 8.27. The average molecular weight is 160 g/mol. The lowest BCUT2D eigenvalue weighted by Crippen LogP contribution is -2.32. The van der Waals surface area contributed by atoms with Crippen LogP contribution in [0.5, 0.6) is 0 Å². The van der Waals surface area contributed by atoms with Crippen molar-refractivity contribution in [3.8, 4) is 0 Å². The largest absolute Gasteiger partial charge is 0.358 e. The summed E-state index contributed by atoms with van der Waals surface area (Å²) in [5.74, 6) is 0.0688. The van der Waals surface area contributed by atoms with Crippen molar-refractivity contribution in [2.75, 3.05) is 27.2 Å². The van der Waals surface area contributed by atoms with Crippen LogP contribution in [0.4, 0.5) is 0 Å². The van der Waals surface area contributed by atoms with Crippen LogP contribution in [0.25, 0.3) is 0 Å². The number of hydrogen-bond donors (Lipinski definition) is 1. The SMILES string of the molecule is CC.CCN(C)CC(=O)NC. The van der Waals surface area contributed by atoms with Gasteiger partial charge in [0.25, 0.3) is 0 Å². The van der Waals surface area contributed by atoms with E-state index in [1.165, 1.54) is 0 Å². The summed E-state index contributed by atoms with van der Waals surface area (Å²) in [6.45, 7) is 7.42. The Morgan fingerprint density at radius 3 is 2.18 bits per heavy atom. The molecule has 0 radical (unpaired) electrons. The highest BCUT2D eigenvalue weighted by Crippen LogP contribution is 1.77. The van der Waals surface area contributed by atoms with E-state index < -0.39 is 0 Å². The summed E-state index contributed by atoms with van der Waals surface area (Å²) < 4.78 is 0. The summed E-state index contributed by atoms with van der Waals surface area (Å²) in [5, 5.41) is 2.55. The van der Waals surface area contributed by atoms with Gasteiger partial charge >= 0.3 is 0 Å². The Bertz CT molecular complexity index is 94.1. The van der Waals surface area contributed by atoms with Gasteiger partial charge in [-0.15, -0.1) is 0 Å². The first-order chi connectivity index (χ1) is 5.20. The summed E-state index contributed by atoms with van der Waals surface area (Å²) in [7, 11) is 3.56. The molecule has 0 bridgehead atoms. The van der Waals surface area contributed by atoms with Gasteiger partial charge in [0.05, 0.1) is 6.54 Å². The van der Waals surface area contributed by atoms with Crippen LogP contribution in [0.1, 0.15) is 20.8 Å². The quantitative estimate of drug-likeness (QED) is 0.659. The van der Waals surface area contributed by atoms with Gasteiger partial charge in [-0.2, -0.15) is 0 Å². The highest BCUT2D eigenvalue weighted by molar-refractivity contribution is 5.77.